The summed E-state index contributed by atoms with van der Waals surface area (Å²) in [6.45, 7) is 0. The van der Waals surface area contributed by atoms with Gasteiger partial charge in [0, 0.05) is 22.5 Å². The standard InChI is InChI=1S/C17H14BrNO/c18-15-6-3-12(4-7-15)10-17(20)14-5-8-16-13(11-14)2-1-9-19-16/h1-9,11,17,20H,10H2. The summed E-state index contributed by atoms with van der Waals surface area (Å²) in [5, 5.41) is 11.4. The number of hydrogen-bond acceptors (Lipinski definition) is 2. The van der Waals surface area contributed by atoms with Crippen LogP contribution in [-0.4, -0.2) is 10.1 Å². The van der Waals surface area contributed by atoms with Crippen molar-refractivity contribution in [1.82, 2.24) is 4.98 Å². The fourth-order valence-corrected chi connectivity index (χ4v) is 2.53. The maximum Gasteiger partial charge on any atom is 0.0830 e. The Morgan fingerprint density at radius 2 is 1.85 bits per heavy atom. The van der Waals surface area contributed by atoms with Crippen LogP contribution in [0.5, 0.6) is 0 Å². The van der Waals surface area contributed by atoms with E-state index in [0.29, 0.717) is 6.42 Å². The molecule has 0 aliphatic heterocycles. The quantitative estimate of drug-likeness (QED) is 0.779. The minimum absolute atomic E-state index is 0.499. The van der Waals surface area contributed by atoms with Crippen molar-refractivity contribution in [2.45, 2.75) is 12.5 Å². The molecule has 2 nitrogen and oxygen atoms in total. The molecule has 1 aromatic heterocycles. The van der Waals surface area contributed by atoms with Gasteiger partial charge in [-0.15, -0.1) is 0 Å². The number of fused-ring (bicyclic) bond motifs is 1. The number of benzene rings is 2. The zero-order valence-corrected chi connectivity index (χ0v) is 12.4. The SMILES string of the molecule is OC(Cc1ccc(Br)cc1)c1ccc2ncccc2c1. The third kappa shape index (κ3) is 2.89. The Labute approximate surface area is 126 Å². The second-order valence-electron chi connectivity index (χ2n) is 4.80. The Kier molecular flexibility index (Phi) is 3.81. The highest BCUT2D eigenvalue weighted by Crippen LogP contribution is 2.22. The molecule has 0 amide bonds. The second-order valence-corrected chi connectivity index (χ2v) is 5.72. The number of nitrogens with zero attached hydrogens (tertiary/aromatic N) is 1. The van der Waals surface area contributed by atoms with E-state index >= 15 is 0 Å². The molecule has 0 aliphatic carbocycles. The van der Waals surface area contributed by atoms with Gasteiger partial charge in [0.1, 0.15) is 0 Å². The molecule has 0 bridgehead atoms. The highest BCUT2D eigenvalue weighted by molar-refractivity contribution is 9.10. The number of pyridine rings is 1. The third-order valence-electron chi connectivity index (χ3n) is 3.35. The van der Waals surface area contributed by atoms with Gasteiger partial charge in [-0.2, -0.15) is 0 Å². The van der Waals surface area contributed by atoms with Crippen LogP contribution in [0.4, 0.5) is 0 Å². The number of aliphatic hydroxyl groups is 1. The van der Waals surface area contributed by atoms with Crippen LogP contribution in [0.15, 0.2) is 65.3 Å². The van der Waals surface area contributed by atoms with Gasteiger partial charge in [-0.1, -0.05) is 40.2 Å². The topological polar surface area (TPSA) is 33.1 Å². The Morgan fingerprint density at radius 1 is 1.05 bits per heavy atom. The fourth-order valence-electron chi connectivity index (χ4n) is 2.26. The lowest BCUT2D eigenvalue weighted by Gasteiger charge is -2.12. The molecular formula is C17H14BrNO. The largest absolute Gasteiger partial charge is 0.388 e. The van der Waals surface area contributed by atoms with Crippen LogP contribution < -0.4 is 0 Å². The third-order valence-corrected chi connectivity index (χ3v) is 3.88. The van der Waals surface area contributed by atoms with Crippen molar-refractivity contribution < 1.29 is 5.11 Å². The lowest BCUT2D eigenvalue weighted by atomic mass is 10.00. The number of aliphatic hydroxyl groups excluding tert-OH is 1. The molecule has 1 atom stereocenters. The van der Waals surface area contributed by atoms with Gasteiger partial charge in [0.15, 0.2) is 0 Å². The van der Waals surface area contributed by atoms with E-state index in [0.717, 1.165) is 26.5 Å². The molecule has 3 aromatic rings. The average Bonchev–Trinajstić information content (AvgIpc) is 2.49. The van der Waals surface area contributed by atoms with Crippen LogP contribution in [0.25, 0.3) is 10.9 Å². The zero-order chi connectivity index (χ0) is 13.9. The van der Waals surface area contributed by atoms with E-state index in [1.54, 1.807) is 6.20 Å². The minimum Gasteiger partial charge on any atom is -0.388 e. The molecule has 1 heterocycles. The maximum atomic E-state index is 10.4. The van der Waals surface area contributed by atoms with E-state index in [1.165, 1.54) is 0 Å². The zero-order valence-electron chi connectivity index (χ0n) is 10.8. The Balaban J connectivity index is 1.84. The van der Waals surface area contributed by atoms with E-state index in [2.05, 4.69) is 20.9 Å². The fraction of sp³-hybridized carbons (Fsp3) is 0.118. The molecule has 3 heteroatoms. The summed E-state index contributed by atoms with van der Waals surface area (Å²) < 4.78 is 1.05. The van der Waals surface area contributed by atoms with Gasteiger partial charge in [0.05, 0.1) is 11.6 Å². The molecule has 0 saturated heterocycles. The molecule has 0 saturated carbocycles. The smallest absolute Gasteiger partial charge is 0.0830 e. The molecule has 0 aliphatic rings. The second kappa shape index (κ2) is 5.73. The van der Waals surface area contributed by atoms with E-state index in [-0.39, 0.29) is 0 Å². The van der Waals surface area contributed by atoms with Crippen molar-refractivity contribution in [2.75, 3.05) is 0 Å². The first-order valence-corrected chi connectivity index (χ1v) is 7.29. The number of hydrogen-bond donors (Lipinski definition) is 1. The van der Waals surface area contributed by atoms with Gasteiger partial charge in [0.2, 0.25) is 0 Å². The summed E-state index contributed by atoms with van der Waals surface area (Å²) in [6, 6.07) is 17.9. The molecule has 20 heavy (non-hydrogen) atoms. The van der Waals surface area contributed by atoms with E-state index in [1.807, 2.05) is 54.6 Å². The first-order valence-electron chi connectivity index (χ1n) is 6.49. The average molecular weight is 328 g/mol. The maximum absolute atomic E-state index is 10.4. The van der Waals surface area contributed by atoms with E-state index < -0.39 is 6.10 Å². The summed E-state index contributed by atoms with van der Waals surface area (Å²) in [5.74, 6) is 0. The Hall–Kier alpha value is -1.71. The van der Waals surface area contributed by atoms with Crippen molar-refractivity contribution >= 4 is 26.8 Å². The summed E-state index contributed by atoms with van der Waals surface area (Å²) in [5.41, 5.74) is 2.99. The van der Waals surface area contributed by atoms with Crippen LogP contribution in [0.2, 0.25) is 0 Å². The highest BCUT2D eigenvalue weighted by Gasteiger charge is 2.09. The van der Waals surface area contributed by atoms with Gasteiger partial charge in [-0.3, -0.25) is 4.98 Å². The Morgan fingerprint density at radius 3 is 2.65 bits per heavy atom. The van der Waals surface area contributed by atoms with Crippen LogP contribution in [-0.2, 0) is 6.42 Å². The predicted molar refractivity (Wildman–Crippen MR) is 84.5 cm³/mol. The summed E-state index contributed by atoms with van der Waals surface area (Å²) in [7, 11) is 0. The van der Waals surface area contributed by atoms with Gasteiger partial charge >= 0.3 is 0 Å². The molecule has 100 valence electrons. The highest BCUT2D eigenvalue weighted by atomic mass is 79.9. The molecule has 2 aromatic carbocycles. The van der Waals surface area contributed by atoms with E-state index in [9.17, 15) is 5.11 Å². The number of aromatic nitrogens is 1. The summed E-state index contributed by atoms with van der Waals surface area (Å²) in [4.78, 5) is 4.29. The van der Waals surface area contributed by atoms with Crippen molar-refractivity contribution in [1.29, 1.82) is 0 Å². The van der Waals surface area contributed by atoms with Crippen molar-refractivity contribution in [3.63, 3.8) is 0 Å². The predicted octanol–water partition coefficient (Wildman–Crippen LogP) is 4.27. The van der Waals surface area contributed by atoms with Gasteiger partial charge < -0.3 is 5.11 Å². The van der Waals surface area contributed by atoms with Crippen molar-refractivity contribution in [2.24, 2.45) is 0 Å². The minimum atomic E-state index is -0.499. The van der Waals surface area contributed by atoms with E-state index in [4.69, 9.17) is 0 Å². The number of rotatable bonds is 3. The van der Waals surface area contributed by atoms with Crippen LogP contribution in [0, 0.1) is 0 Å². The van der Waals surface area contributed by atoms with Gasteiger partial charge in [-0.05, 0) is 41.5 Å². The molecule has 1 unspecified atom stereocenters. The van der Waals surface area contributed by atoms with Crippen molar-refractivity contribution in [3.8, 4) is 0 Å². The molecule has 1 N–H and O–H groups in total. The first-order chi connectivity index (χ1) is 9.72. The van der Waals surface area contributed by atoms with Crippen molar-refractivity contribution in [3.05, 3.63) is 76.4 Å². The number of halogens is 1. The molecule has 0 spiro atoms. The first kappa shape index (κ1) is 13.3. The van der Waals surface area contributed by atoms with Gasteiger partial charge in [0.25, 0.3) is 0 Å². The lowest BCUT2D eigenvalue weighted by molar-refractivity contribution is 0.178. The van der Waals surface area contributed by atoms with Crippen LogP contribution in [0.1, 0.15) is 17.2 Å². The molecule has 0 radical (unpaired) electrons. The molecule has 3 rings (SSSR count). The Bertz CT molecular complexity index is 724. The van der Waals surface area contributed by atoms with Crippen LogP contribution in [0.3, 0.4) is 0 Å². The lowest BCUT2D eigenvalue weighted by Crippen LogP contribution is -2.01. The molecule has 0 fully saturated rings. The summed E-state index contributed by atoms with van der Waals surface area (Å²) >= 11 is 3.41. The summed E-state index contributed by atoms with van der Waals surface area (Å²) in [6.07, 6.45) is 1.89. The normalized spacial score (nSPS) is 12.5. The molecular weight excluding hydrogens is 314 g/mol. The van der Waals surface area contributed by atoms with Crippen LogP contribution >= 0.6 is 15.9 Å². The van der Waals surface area contributed by atoms with Gasteiger partial charge in [-0.25, -0.2) is 0 Å². The monoisotopic (exact) mass is 327 g/mol.